The minimum absolute atomic E-state index is 0.223. The lowest BCUT2D eigenvalue weighted by Crippen LogP contribution is -2.52. The van der Waals surface area contributed by atoms with Gasteiger partial charge in [-0.3, -0.25) is 4.79 Å². The van der Waals surface area contributed by atoms with Crippen molar-refractivity contribution in [1.82, 2.24) is 5.32 Å². The molecule has 68 valence electrons. The molecule has 3 N–H and O–H groups in total. The second kappa shape index (κ2) is 3.51. The van der Waals surface area contributed by atoms with Crippen molar-refractivity contribution in [3.05, 3.63) is 0 Å². The fraction of sp³-hybridized carbons (Fsp3) is 0.667. The molecule has 0 radical (unpaired) electrons. The summed E-state index contributed by atoms with van der Waals surface area (Å²) >= 11 is 0. The highest BCUT2D eigenvalue weighted by Gasteiger charge is 2.34. The predicted molar refractivity (Wildman–Crippen MR) is 36.4 cm³/mol. The Morgan fingerprint density at radius 3 is 2.92 bits per heavy atom. The van der Waals surface area contributed by atoms with E-state index in [1.807, 2.05) is 0 Å². The molecular weight excluding hydrogens is 166 g/mol. The van der Waals surface area contributed by atoms with Crippen molar-refractivity contribution >= 4 is 11.9 Å². The number of aliphatic hydroxyl groups excluding tert-OH is 1. The third-order valence-corrected chi connectivity index (χ3v) is 1.50. The summed E-state index contributed by atoms with van der Waals surface area (Å²) in [5.74, 6) is -2.05. The van der Waals surface area contributed by atoms with Crippen molar-refractivity contribution in [2.45, 2.75) is 12.2 Å². The summed E-state index contributed by atoms with van der Waals surface area (Å²) in [6.07, 6.45) is -3.07. The number of hydrogen-bond acceptors (Lipinski definition) is 4. The van der Waals surface area contributed by atoms with Crippen molar-refractivity contribution < 1.29 is 24.5 Å². The van der Waals surface area contributed by atoms with E-state index in [1.54, 1.807) is 0 Å². The van der Waals surface area contributed by atoms with Crippen molar-refractivity contribution in [2.24, 2.45) is 0 Å². The Bertz CT molecular complexity index is 204. The maximum absolute atomic E-state index is 10.9. The first-order chi connectivity index (χ1) is 5.63. The molecule has 1 heterocycles. The highest BCUT2D eigenvalue weighted by atomic mass is 16.5. The number of morpholine rings is 1. The van der Waals surface area contributed by atoms with E-state index in [0.29, 0.717) is 6.54 Å². The molecule has 0 saturated carbocycles. The molecule has 0 bridgehead atoms. The van der Waals surface area contributed by atoms with Gasteiger partial charge in [-0.2, -0.15) is 0 Å². The maximum Gasteiger partial charge on any atom is 0.335 e. The van der Waals surface area contributed by atoms with Crippen molar-refractivity contribution in [3.63, 3.8) is 0 Å². The molecule has 1 rings (SSSR count). The van der Waals surface area contributed by atoms with E-state index in [-0.39, 0.29) is 6.61 Å². The summed E-state index contributed by atoms with van der Waals surface area (Å²) in [5.41, 5.74) is 0. The van der Waals surface area contributed by atoms with Gasteiger partial charge >= 0.3 is 5.97 Å². The molecule has 0 aromatic carbocycles. The molecule has 1 aliphatic rings. The number of nitrogens with one attached hydrogen (secondary N) is 1. The van der Waals surface area contributed by atoms with Gasteiger partial charge in [0.05, 0.1) is 6.61 Å². The minimum atomic E-state index is -1.79. The summed E-state index contributed by atoms with van der Waals surface area (Å²) in [4.78, 5) is 21.1. The Labute approximate surface area is 68.1 Å². The molecule has 0 aromatic rings. The van der Waals surface area contributed by atoms with E-state index in [0.717, 1.165) is 0 Å². The van der Waals surface area contributed by atoms with E-state index >= 15 is 0 Å². The van der Waals surface area contributed by atoms with Crippen LogP contribution in [0.5, 0.6) is 0 Å². The van der Waals surface area contributed by atoms with Crippen LogP contribution in [0.15, 0.2) is 0 Å². The summed E-state index contributed by atoms with van der Waals surface area (Å²) < 4.78 is 4.77. The summed E-state index contributed by atoms with van der Waals surface area (Å²) in [6, 6.07) is 0. The SMILES string of the molecule is O=C(O)C(O)[C@H]1OCCNC1=O. The van der Waals surface area contributed by atoms with Gasteiger partial charge in [0.15, 0.2) is 12.2 Å². The second-order valence-corrected chi connectivity index (χ2v) is 2.37. The minimum Gasteiger partial charge on any atom is -0.479 e. The van der Waals surface area contributed by atoms with E-state index in [1.165, 1.54) is 0 Å². The molecular formula is C6H9NO5. The average Bonchev–Trinajstić information content (AvgIpc) is 2.04. The zero-order valence-electron chi connectivity index (χ0n) is 6.19. The monoisotopic (exact) mass is 175 g/mol. The van der Waals surface area contributed by atoms with Gasteiger partial charge in [-0.05, 0) is 0 Å². The Balaban J connectivity index is 2.59. The van der Waals surface area contributed by atoms with E-state index in [2.05, 4.69) is 5.32 Å². The summed E-state index contributed by atoms with van der Waals surface area (Å²) in [5, 5.41) is 19.7. The molecule has 1 amide bonds. The van der Waals surface area contributed by atoms with Gasteiger partial charge in [0.1, 0.15) is 0 Å². The van der Waals surface area contributed by atoms with Gasteiger partial charge < -0.3 is 20.3 Å². The molecule has 0 spiro atoms. The first-order valence-electron chi connectivity index (χ1n) is 3.43. The van der Waals surface area contributed by atoms with Crippen molar-refractivity contribution in [2.75, 3.05) is 13.2 Å². The molecule has 6 nitrogen and oxygen atoms in total. The first kappa shape index (κ1) is 8.95. The lowest BCUT2D eigenvalue weighted by atomic mass is 10.2. The number of ether oxygens (including phenoxy) is 1. The molecule has 1 unspecified atom stereocenters. The Morgan fingerprint density at radius 2 is 2.42 bits per heavy atom. The smallest absolute Gasteiger partial charge is 0.335 e. The van der Waals surface area contributed by atoms with E-state index in [4.69, 9.17) is 14.9 Å². The number of carboxylic acids is 1. The largest absolute Gasteiger partial charge is 0.479 e. The number of carbonyl (C=O) groups is 2. The Kier molecular flexibility index (Phi) is 2.61. The molecule has 0 aromatic heterocycles. The number of hydrogen-bond donors (Lipinski definition) is 3. The molecule has 1 saturated heterocycles. The predicted octanol–water partition coefficient (Wildman–Crippen LogP) is -2.05. The number of aliphatic carboxylic acids is 1. The van der Waals surface area contributed by atoms with Crippen LogP contribution in [0.25, 0.3) is 0 Å². The highest BCUT2D eigenvalue weighted by Crippen LogP contribution is 2.03. The van der Waals surface area contributed by atoms with Crippen molar-refractivity contribution in [3.8, 4) is 0 Å². The normalized spacial score (nSPS) is 26.1. The Morgan fingerprint density at radius 1 is 1.75 bits per heavy atom. The quantitative estimate of drug-likeness (QED) is 0.448. The standard InChI is InChI=1S/C6H9NO5/c8-3(6(10)11)4-5(9)7-1-2-12-4/h3-4,8H,1-2H2,(H,7,9)(H,10,11)/t3?,4-/m1/s1. The number of aliphatic hydroxyl groups is 1. The van der Waals surface area contributed by atoms with Crippen LogP contribution in [0.1, 0.15) is 0 Å². The van der Waals surface area contributed by atoms with Gasteiger partial charge in [-0.1, -0.05) is 0 Å². The lowest BCUT2D eigenvalue weighted by Gasteiger charge is -2.24. The molecule has 0 aliphatic carbocycles. The van der Waals surface area contributed by atoms with Crippen LogP contribution in [0.2, 0.25) is 0 Å². The van der Waals surface area contributed by atoms with Crippen LogP contribution in [0, 0.1) is 0 Å². The molecule has 2 atom stereocenters. The molecule has 12 heavy (non-hydrogen) atoms. The van der Waals surface area contributed by atoms with Crippen LogP contribution in [-0.2, 0) is 14.3 Å². The fourth-order valence-electron chi connectivity index (χ4n) is 0.900. The average molecular weight is 175 g/mol. The van der Waals surface area contributed by atoms with Crippen LogP contribution in [0.4, 0.5) is 0 Å². The first-order valence-corrected chi connectivity index (χ1v) is 3.43. The van der Waals surface area contributed by atoms with Gasteiger partial charge in [0.2, 0.25) is 0 Å². The zero-order chi connectivity index (χ0) is 9.14. The van der Waals surface area contributed by atoms with E-state index in [9.17, 15) is 9.59 Å². The zero-order valence-corrected chi connectivity index (χ0v) is 6.19. The topological polar surface area (TPSA) is 95.9 Å². The lowest BCUT2D eigenvalue weighted by molar-refractivity contribution is -0.165. The molecule has 1 aliphatic heterocycles. The number of rotatable bonds is 2. The van der Waals surface area contributed by atoms with Crippen LogP contribution in [-0.4, -0.2) is 47.4 Å². The fourth-order valence-corrected chi connectivity index (χ4v) is 0.900. The third kappa shape index (κ3) is 1.72. The number of carbonyl (C=O) groups excluding carboxylic acids is 1. The van der Waals surface area contributed by atoms with Gasteiger partial charge in [0.25, 0.3) is 5.91 Å². The van der Waals surface area contributed by atoms with Gasteiger partial charge in [-0.15, -0.1) is 0 Å². The molecule has 6 heteroatoms. The summed E-state index contributed by atoms with van der Waals surface area (Å²) in [6.45, 7) is 0.572. The summed E-state index contributed by atoms with van der Waals surface area (Å²) in [7, 11) is 0. The third-order valence-electron chi connectivity index (χ3n) is 1.50. The van der Waals surface area contributed by atoms with E-state index < -0.39 is 24.1 Å². The number of carboxylic acid groups (broad SMARTS) is 1. The number of amides is 1. The second-order valence-electron chi connectivity index (χ2n) is 2.37. The highest BCUT2D eigenvalue weighted by molar-refractivity contribution is 5.88. The maximum atomic E-state index is 10.9. The van der Waals surface area contributed by atoms with Gasteiger partial charge in [0, 0.05) is 6.54 Å². The van der Waals surface area contributed by atoms with Crippen LogP contribution in [0.3, 0.4) is 0 Å². The Hall–Kier alpha value is -1.14. The van der Waals surface area contributed by atoms with Crippen LogP contribution >= 0.6 is 0 Å². The van der Waals surface area contributed by atoms with Crippen LogP contribution < -0.4 is 5.32 Å². The molecule has 1 fully saturated rings. The van der Waals surface area contributed by atoms with Gasteiger partial charge in [-0.25, -0.2) is 4.79 Å². The van der Waals surface area contributed by atoms with Crippen molar-refractivity contribution in [1.29, 1.82) is 0 Å².